The Balaban J connectivity index is 1.55. The molecule has 4 atom stereocenters. The van der Waals surface area contributed by atoms with Gasteiger partial charge in [-0.3, -0.25) is 0 Å². The predicted molar refractivity (Wildman–Crippen MR) is 90.9 cm³/mol. The summed E-state index contributed by atoms with van der Waals surface area (Å²) in [5, 5.41) is 19.5. The standard InChI is InChI=1S/C12H14IN7OS/c13-10-3-15-11-20(10)17-12(22-11)19-4-6-1-8(16-18-14)9(21)2-7(6)5-19/h3,6-9,21H,1-2,4-5H2/t6-,7+,8?,9-/m0/s1. The third-order valence-electron chi connectivity index (χ3n) is 4.61. The van der Waals surface area contributed by atoms with Crippen molar-refractivity contribution in [2.24, 2.45) is 17.0 Å². The normalized spacial score (nSPS) is 31.3. The van der Waals surface area contributed by atoms with Gasteiger partial charge < -0.3 is 10.0 Å². The van der Waals surface area contributed by atoms with E-state index in [1.807, 2.05) is 10.7 Å². The van der Waals surface area contributed by atoms with Crippen molar-refractivity contribution in [3.05, 3.63) is 20.3 Å². The van der Waals surface area contributed by atoms with Crippen LogP contribution in [-0.2, 0) is 0 Å². The number of fused-ring (bicyclic) bond motifs is 2. The maximum atomic E-state index is 10.1. The number of halogens is 1. The summed E-state index contributed by atoms with van der Waals surface area (Å²) in [6.07, 6.45) is 2.75. The number of aromatic nitrogens is 3. The van der Waals surface area contributed by atoms with Crippen molar-refractivity contribution >= 4 is 44.0 Å². The van der Waals surface area contributed by atoms with Gasteiger partial charge in [-0.1, -0.05) is 16.5 Å². The lowest BCUT2D eigenvalue weighted by molar-refractivity contribution is 0.0665. The topological polar surface area (TPSA) is 102 Å². The van der Waals surface area contributed by atoms with Gasteiger partial charge >= 0.3 is 0 Å². The lowest BCUT2D eigenvalue weighted by Gasteiger charge is -2.32. The first-order valence-electron chi connectivity index (χ1n) is 7.13. The minimum Gasteiger partial charge on any atom is -0.393 e. The minimum absolute atomic E-state index is 0.291. The lowest BCUT2D eigenvalue weighted by Crippen LogP contribution is -2.37. The van der Waals surface area contributed by atoms with Crippen LogP contribution in [0.15, 0.2) is 11.3 Å². The van der Waals surface area contributed by atoms with Crippen LogP contribution in [0.25, 0.3) is 15.4 Å². The average molecular weight is 431 g/mol. The van der Waals surface area contributed by atoms with E-state index in [2.05, 4.69) is 47.6 Å². The van der Waals surface area contributed by atoms with Crippen molar-refractivity contribution in [1.82, 2.24) is 14.6 Å². The van der Waals surface area contributed by atoms with Gasteiger partial charge in [-0.15, -0.1) is 5.10 Å². The lowest BCUT2D eigenvalue weighted by atomic mass is 9.78. The van der Waals surface area contributed by atoms with Crippen molar-refractivity contribution < 1.29 is 5.11 Å². The molecule has 1 N–H and O–H groups in total. The van der Waals surface area contributed by atoms with Crippen molar-refractivity contribution in [3.63, 3.8) is 0 Å². The molecule has 0 amide bonds. The van der Waals surface area contributed by atoms with Gasteiger partial charge in [0.2, 0.25) is 10.1 Å². The molecule has 2 aromatic heterocycles. The molecule has 8 nitrogen and oxygen atoms in total. The Kier molecular flexibility index (Phi) is 3.63. The predicted octanol–water partition coefficient (Wildman–Crippen LogP) is 2.28. The first kappa shape index (κ1) is 14.5. The molecule has 1 aliphatic carbocycles. The molecular formula is C12H14IN7OS. The summed E-state index contributed by atoms with van der Waals surface area (Å²) in [4.78, 5) is 10.4. The van der Waals surface area contributed by atoms with Crippen LogP contribution in [0.4, 0.5) is 5.13 Å². The highest BCUT2D eigenvalue weighted by Gasteiger charge is 2.42. The maximum Gasteiger partial charge on any atom is 0.214 e. The van der Waals surface area contributed by atoms with Crippen LogP contribution < -0.4 is 4.90 Å². The van der Waals surface area contributed by atoms with E-state index < -0.39 is 6.10 Å². The second kappa shape index (κ2) is 5.52. The number of imidazole rings is 1. The summed E-state index contributed by atoms with van der Waals surface area (Å²) in [5.74, 6) is 0.893. The van der Waals surface area contributed by atoms with Crippen LogP contribution in [0.2, 0.25) is 0 Å². The Morgan fingerprint density at radius 2 is 2.18 bits per heavy atom. The van der Waals surface area contributed by atoms with E-state index in [1.165, 1.54) is 0 Å². The van der Waals surface area contributed by atoms with Crippen LogP contribution in [0.3, 0.4) is 0 Å². The fourth-order valence-electron chi connectivity index (χ4n) is 3.54. The van der Waals surface area contributed by atoms with Crippen molar-refractivity contribution in [2.75, 3.05) is 18.0 Å². The molecule has 22 heavy (non-hydrogen) atoms. The SMILES string of the molecule is [N-]=[N+]=NC1C[C@H]2CN(c3nn4c(I)cnc4s3)C[C@H]2C[C@@H]1O. The molecule has 1 saturated carbocycles. The highest BCUT2D eigenvalue weighted by atomic mass is 127. The minimum atomic E-state index is -0.522. The molecule has 10 heteroatoms. The number of hydrogen-bond acceptors (Lipinski definition) is 6. The van der Waals surface area contributed by atoms with Crippen LogP contribution in [0.1, 0.15) is 12.8 Å². The molecule has 2 aliphatic rings. The van der Waals surface area contributed by atoms with Gasteiger partial charge in [-0.25, -0.2) is 4.98 Å². The number of hydrogen-bond donors (Lipinski definition) is 1. The number of azide groups is 1. The Morgan fingerprint density at radius 3 is 2.91 bits per heavy atom. The zero-order valence-corrected chi connectivity index (χ0v) is 14.6. The highest BCUT2D eigenvalue weighted by Crippen LogP contribution is 2.40. The second-order valence-corrected chi connectivity index (χ2v) is 7.94. The number of rotatable bonds is 2. The first-order chi connectivity index (χ1) is 10.7. The summed E-state index contributed by atoms with van der Waals surface area (Å²) in [6.45, 7) is 1.81. The van der Waals surface area contributed by atoms with Gasteiger partial charge in [-0.05, 0) is 52.8 Å². The Labute approximate surface area is 143 Å². The number of nitrogens with zero attached hydrogens (tertiary/aromatic N) is 7. The number of aliphatic hydroxyl groups is 1. The molecule has 3 heterocycles. The van der Waals surface area contributed by atoms with Crippen molar-refractivity contribution in [3.8, 4) is 0 Å². The molecule has 0 spiro atoms. The molecular weight excluding hydrogens is 417 g/mol. The van der Waals surface area contributed by atoms with Crippen LogP contribution in [0.5, 0.6) is 0 Å². The fraction of sp³-hybridized carbons (Fsp3) is 0.667. The Bertz CT molecular complexity index is 754. The van der Waals surface area contributed by atoms with Crippen molar-refractivity contribution in [1.29, 1.82) is 0 Å². The Morgan fingerprint density at radius 1 is 1.41 bits per heavy atom. The largest absolute Gasteiger partial charge is 0.393 e. The van der Waals surface area contributed by atoms with E-state index in [4.69, 9.17) is 5.53 Å². The molecule has 2 fully saturated rings. The van der Waals surface area contributed by atoms with Crippen LogP contribution >= 0.6 is 33.9 Å². The van der Waals surface area contributed by atoms with Gasteiger partial charge in [0, 0.05) is 18.0 Å². The van der Waals surface area contributed by atoms with Crippen LogP contribution in [0, 0.1) is 15.5 Å². The van der Waals surface area contributed by atoms with Crippen molar-refractivity contribution in [2.45, 2.75) is 25.0 Å². The van der Waals surface area contributed by atoms with E-state index >= 15 is 0 Å². The highest BCUT2D eigenvalue weighted by molar-refractivity contribution is 14.1. The molecule has 1 unspecified atom stereocenters. The monoisotopic (exact) mass is 431 g/mol. The zero-order chi connectivity index (χ0) is 15.3. The summed E-state index contributed by atoms with van der Waals surface area (Å²) < 4.78 is 2.87. The second-order valence-electron chi connectivity index (χ2n) is 5.90. The fourth-order valence-corrected chi connectivity index (χ4v) is 5.07. The molecule has 0 bridgehead atoms. The summed E-state index contributed by atoms with van der Waals surface area (Å²) in [6, 6.07) is -0.291. The van der Waals surface area contributed by atoms with Gasteiger partial charge in [0.25, 0.3) is 0 Å². The molecule has 4 rings (SSSR count). The molecule has 0 radical (unpaired) electrons. The Hall–Kier alpha value is -1.10. The quantitative estimate of drug-likeness (QED) is 0.341. The molecule has 2 aromatic rings. The third-order valence-corrected chi connectivity index (χ3v) is 6.33. The van der Waals surface area contributed by atoms with E-state index in [9.17, 15) is 5.11 Å². The van der Waals surface area contributed by atoms with Gasteiger partial charge in [0.05, 0.1) is 18.3 Å². The molecule has 1 saturated heterocycles. The van der Waals surface area contributed by atoms with Gasteiger partial charge in [-0.2, -0.15) is 4.52 Å². The third kappa shape index (κ3) is 2.34. The van der Waals surface area contributed by atoms with Crippen LogP contribution in [-0.4, -0.2) is 44.9 Å². The summed E-state index contributed by atoms with van der Waals surface area (Å²) >= 11 is 3.81. The van der Waals surface area contributed by atoms with E-state index in [1.54, 1.807) is 11.3 Å². The average Bonchev–Trinajstić information content (AvgIpc) is 3.15. The molecule has 116 valence electrons. The number of anilines is 1. The number of aliphatic hydroxyl groups excluding tert-OH is 1. The first-order valence-corrected chi connectivity index (χ1v) is 9.02. The van der Waals surface area contributed by atoms with E-state index in [0.29, 0.717) is 18.3 Å². The maximum absolute atomic E-state index is 10.1. The molecule has 1 aliphatic heterocycles. The van der Waals surface area contributed by atoms with E-state index in [0.717, 1.165) is 33.3 Å². The molecule has 0 aromatic carbocycles. The summed E-state index contributed by atoms with van der Waals surface area (Å²) in [7, 11) is 0. The van der Waals surface area contributed by atoms with E-state index in [-0.39, 0.29) is 6.04 Å². The van der Waals surface area contributed by atoms with Gasteiger partial charge in [0.1, 0.15) is 3.70 Å². The summed E-state index contributed by atoms with van der Waals surface area (Å²) in [5.41, 5.74) is 8.61. The van der Waals surface area contributed by atoms with Gasteiger partial charge in [0.15, 0.2) is 0 Å². The zero-order valence-electron chi connectivity index (χ0n) is 11.6. The smallest absolute Gasteiger partial charge is 0.214 e.